The van der Waals surface area contributed by atoms with E-state index in [9.17, 15) is 9.18 Å². The highest BCUT2D eigenvalue weighted by molar-refractivity contribution is 5.91. The summed E-state index contributed by atoms with van der Waals surface area (Å²) in [6.45, 7) is 1.36. The number of nitrogens with zero attached hydrogens (tertiary/aromatic N) is 1. The Balaban J connectivity index is 1.84. The minimum atomic E-state index is -0.314. The lowest BCUT2D eigenvalue weighted by Crippen LogP contribution is -2.20. The SMILES string of the molecule is CN(C)Cc1ccc(CNC(=O)/C=C/c2cccc(F)c2)cc1. The van der Waals surface area contributed by atoms with Crippen LogP contribution in [0.3, 0.4) is 0 Å². The number of rotatable bonds is 6. The number of hydrogen-bond acceptors (Lipinski definition) is 2. The number of carbonyl (C=O) groups excluding carboxylic acids is 1. The van der Waals surface area contributed by atoms with Crippen LogP contribution in [-0.2, 0) is 17.9 Å². The average molecular weight is 312 g/mol. The van der Waals surface area contributed by atoms with E-state index in [2.05, 4.69) is 22.3 Å². The number of carbonyl (C=O) groups is 1. The molecule has 0 saturated carbocycles. The molecule has 0 heterocycles. The Labute approximate surface area is 136 Å². The smallest absolute Gasteiger partial charge is 0.244 e. The van der Waals surface area contributed by atoms with E-state index in [4.69, 9.17) is 0 Å². The molecular formula is C19H21FN2O. The molecule has 1 amide bonds. The van der Waals surface area contributed by atoms with Crippen LogP contribution in [-0.4, -0.2) is 24.9 Å². The lowest BCUT2D eigenvalue weighted by atomic mass is 10.1. The second kappa shape index (κ2) is 8.25. The molecule has 0 radical (unpaired) electrons. The van der Waals surface area contributed by atoms with Crippen molar-refractivity contribution >= 4 is 12.0 Å². The molecule has 4 heteroatoms. The van der Waals surface area contributed by atoms with E-state index in [0.717, 1.165) is 12.1 Å². The zero-order valence-corrected chi connectivity index (χ0v) is 13.4. The second-order valence-electron chi connectivity index (χ2n) is 5.66. The average Bonchev–Trinajstić information content (AvgIpc) is 2.52. The van der Waals surface area contributed by atoms with Crippen LogP contribution in [0.2, 0.25) is 0 Å². The highest BCUT2D eigenvalue weighted by Gasteiger charge is 1.99. The third kappa shape index (κ3) is 6.04. The molecule has 0 fully saturated rings. The van der Waals surface area contributed by atoms with Crippen LogP contribution in [0.5, 0.6) is 0 Å². The fourth-order valence-electron chi connectivity index (χ4n) is 2.16. The monoisotopic (exact) mass is 312 g/mol. The summed E-state index contributed by atoms with van der Waals surface area (Å²) in [5.74, 6) is -0.517. The van der Waals surface area contributed by atoms with Crippen LogP contribution < -0.4 is 5.32 Å². The Morgan fingerprint density at radius 1 is 1.13 bits per heavy atom. The maximum Gasteiger partial charge on any atom is 0.244 e. The highest BCUT2D eigenvalue weighted by Crippen LogP contribution is 2.07. The van der Waals surface area contributed by atoms with Crippen molar-refractivity contribution in [3.63, 3.8) is 0 Å². The van der Waals surface area contributed by atoms with Gasteiger partial charge in [-0.15, -0.1) is 0 Å². The highest BCUT2D eigenvalue weighted by atomic mass is 19.1. The molecule has 3 nitrogen and oxygen atoms in total. The largest absolute Gasteiger partial charge is 0.348 e. The Bertz CT molecular complexity index is 678. The van der Waals surface area contributed by atoms with Gasteiger partial charge in [0.2, 0.25) is 5.91 Å². The Hall–Kier alpha value is -2.46. The van der Waals surface area contributed by atoms with Crippen molar-refractivity contribution in [3.8, 4) is 0 Å². The molecule has 0 aromatic heterocycles. The summed E-state index contributed by atoms with van der Waals surface area (Å²) >= 11 is 0. The van der Waals surface area contributed by atoms with Gasteiger partial charge in [-0.25, -0.2) is 4.39 Å². The number of amides is 1. The van der Waals surface area contributed by atoms with Gasteiger partial charge in [0, 0.05) is 19.2 Å². The maximum atomic E-state index is 13.0. The molecule has 0 saturated heterocycles. The van der Waals surface area contributed by atoms with Gasteiger partial charge >= 0.3 is 0 Å². The van der Waals surface area contributed by atoms with E-state index >= 15 is 0 Å². The van der Waals surface area contributed by atoms with Gasteiger partial charge in [-0.05, 0) is 49.0 Å². The minimum absolute atomic E-state index is 0.202. The zero-order chi connectivity index (χ0) is 16.7. The predicted octanol–water partition coefficient (Wildman–Crippen LogP) is 3.22. The first-order valence-corrected chi connectivity index (χ1v) is 7.47. The molecule has 0 aliphatic heterocycles. The molecule has 0 atom stereocenters. The predicted molar refractivity (Wildman–Crippen MR) is 91.1 cm³/mol. The van der Waals surface area contributed by atoms with Crippen LogP contribution in [0.25, 0.3) is 6.08 Å². The van der Waals surface area contributed by atoms with Crippen LogP contribution in [0, 0.1) is 5.82 Å². The summed E-state index contributed by atoms with van der Waals surface area (Å²) in [6.07, 6.45) is 3.01. The third-order valence-corrected chi connectivity index (χ3v) is 3.26. The summed E-state index contributed by atoms with van der Waals surface area (Å²) in [6, 6.07) is 14.3. The van der Waals surface area contributed by atoms with Crippen molar-refractivity contribution in [2.75, 3.05) is 14.1 Å². The van der Waals surface area contributed by atoms with Gasteiger partial charge in [-0.2, -0.15) is 0 Å². The Morgan fingerprint density at radius 2 is 1.83 bits per heavy atom. The first-order chi connectivity index (χ1) is 11.0. The van der Waals surface area contributed by atoms with Crippen molar-refractivity contribution in [1.82, 2.24) is 10.2 Å². The van der Waals surface area contributed by atoms with Gasteiger partial charge in [-0.3, -0.25) is 4.79 Å². The summed E-state index contributed by atoms with van der Waals surface area (Å²) in [5, 5.41) is 2.81. The molecule has 0 bridgehead atoms. The second-order valence-corrected chi connectivity index (χ2v) is 5.66. The number of halogens is 1. The maximum absolute atomic E-state index is 13.0. The fourth-order valence-corrected chi connectivity index (χ4v) is 2.16. The summed E-state index contributed by atoms with van der Waals surface area (Å²) in [7, 11) is 4.05. The van der Waals surface area contributed by atoms with E-state index in [1.807, 2.05) is 26.2 Å². The molecule has 120 valence electrons. The van der Waals surface area contributed by atoms with E-state index in [0.29, 0.717) is 12.1 Å². The molecule has 1 N–H and O–H groups in total. The van der Waals surface area contributed by atoms with Crippen LogP contribution in [0.15, 0.2) is 54.6 Å². The van der Waals surface area contributed by atoms with Gasteiger partial charge in [0.1, 0.15) is 5.82 Å². The van der Waals surface area contributed by atoms with E-state index in [1.165, 1.54) is 23.8 Å². The molecule has 2 aromatic carbocycles. The zero-order valence-electron chi connectivity index (χ0n) is 13.4. The van der Waals surface area contributed by atoms with Crippen molar-refractivity contribution < 1.29 is 9.18 Å². The number of benzene rings is 2. The van der Waals surface area contributed by atoms with Gasteiger partial charge in [0.15, 0.2) is 0 Å². The molecule has 2 aromatic rings. The first-order valence-electron chi connectivity index (χ1n) is 7.47. The van der Waals surface area contributed by atoms with Crippen LogP contribution >= 0.6 is 0 Å². The first kappa shape index (κ1) is 16.9. The summed E-state index contributed by atoms with van der Waals surface area (Å²) < 4.78 is 13.0. The van der Waals surface area contributed by atoms with Gasteiger partial charge < -0.3 is 10.2 Å². The third-order valence-electron chi connectivity index (χ3n) is 3.26. The van der Waals surface area contributed by atoms with Crippen molar-refractivity contribution in [1.29, 1.82) is 0 Å². The normalized spacial score (nSPS) is 11.1. The topological polar surface area (TPSA) is 32.3 Å². The summed E-state index contributed by atoms with van der Waals surface area (Å²) in [5.41, 5.74) is 2.93. The van der Waals surface area contributed by atoms with E-state index in [1.54, 1.807) is 18.2 Å². The van der Waals surface area contributed by atoms with Crippen molar-refractivity contribution in [2.24, 2.45) is 0 Å². The Morgan fingerprint density at radius 3 is 2.48 bits per heavy atom. The molecule has 0 aliphatic carbocycles. The molecule has 23 heavy (non-hydrogen) atoms. The molecule has 2 rings (SSSR count). The van der Waals surface area contributed by atoms with Crippen LogP contribution in [0.4, 0.5) is 4.39 Å². The number of hydrogen-bond donors (Lipinski definition) is 1. The van der Waals surface area contributed by atoms with E-state index in [-0.39, 0.29) is 11.7 Å². The van der Waals surface area contributed by atoms with Crippen LogP contribution in [0.1, 0.15) is 16.7 Å². The van der Waals surface area contributed by atoms with Gasteiger partial charge in [0.05, 0.1) is 0 Å². The van der Waals surface area contributed by atoms with Crippen molar-refractivity contribution in [2.45, 2.75) is 13.1 Å². The standard InChI is InChI=1S/C19H21FN2O/c1-22(2)14-17-8-6-16(7-9-17)13-21-19(23)11-10-15-4-3-5-18(20)12-15/h3-12H,13-14H2,1-2H3,(H,21,23)/b11-10+. The van der Waals surface area contributed by atoms with E-state index < -0.39 is 0 Å². The van der Waals surface area contributed by atoms with Gasteiger partial charge in [0.25, 0.3) is 0 Å². The molecular weight excluding hydrogens is 291 g/mol. The molecule has 0 aliphatic rings. The minimum Gasteiger partial charge on any atom is -0.348 e. The molecule has 0 unspecified atom stereocenters. The quantitative estimate of drug-likeness (QED) is 0.831. The van der Waals surface area contributed by atoms with Crippen molar-refractivity contribution in [3.05, 3.63) is 77.1 Å². The number of nitrogens with one attached hydrogen (secondary N) is 1. The lowest BCUT2D eigenvalue weighted by Gasteiger charge is -2.10. The van der Waals surface area contributed by atoms with Gasteiger partial charge in [-0.1, -0.05) is 36.4 Å². The Kier molecular flexibility index (Phi) is 6.06. The lowest BCUT2D eigenvalue weighted by molar-refractivity contribution is -0.116. The molecule has 0 spiro atoms. The summed E-state index contributed by atoms with van der Waals surface area (Å²) in [4.78, 5) is 13.9. The fraction of sp³-hybridized carbons (Fsp3) is 0.211.